The first kappa shape index (κ1) is 14.7. The van der Waals surface area contributed by atoms with E-state index >= 15 is 0 Å². The molecule has 1 saturated carbocycles. The van der Waals surface area contributed by atoms with E-state index in [0.29, 0.717) is 12.8 Å². The lowest BCUT2D eigenvalue weighted by molar-refractivity contribution is -0.385. The van der Waals surface area contributed by atoms with Crippen molar-refractivity contribution < 1.29 is 14.8 Å². The molecular weight excluding hydrogens is 284 g/mol. The average Bonchev–Trinajstić information content (AvgIpc) is 2.40. The normalized spacial score (nSPS) is 22.3. The van der Waals surface area contributed by atoms with Crippen LogP contribution in [0, 0.1) is 10.1 Å². The SMILES string of the molecule is O=C(NC1CCCCC1O)c1cc(Cl)ccc1[N+](=O)[O-]. The van der Waals surface area contributed by atoms with Gasteiger partial charge in [0.15, 0.2) is 0 Å². The number of aliphatic hydroxyl groups excluding tert-OH is 1. The maximum absolute atomic E-state index is 12.2. The third-order valence-corrected chi connectivity index (χ3v) is 3.68. The number of aliphatic hydroxyl groups is 1. The van der Waals surface area contributed by atoms with Crippen molar-refractivity contribution in [3.63, 3.8) is 0 Å². The van der Waals surface area contributed by atoms with Crippen molar-refractivity contribution >= 4 is 23.2 Å². The molecule has 1 aromatic rings. The van der Waals surface area contributed by atoms with E-state index in [9.17, 15) is 20.0 Å². The lowest BCUT2D eigenvalue weighted by Gasteiger charge is -2.28. The van der Waals surface area contributed by atoms with Gasteiger partial charge in [-0.1, -0.05) is 24.4 Å². The molecule has 0 saturated heterocycles. The number of rotatable bonds is 3. The van der Waals surface area contributed by atoms with Crippen LogP contribution in [0.15, 0.2) is 18.2 Å². The molecule has 1 fully saturated rings. The smallest absolute Gasteiger partial charge is 0.282 e. The molecule has 2 rings (SSSR count). The van der Waals surface area contributed by atoms with E-state index in [1.54, 1.807) is 0 Å². The number of nitrogens with one attached hydrogen (secondary N) is 1. The highest BCUT2D eigenvalue weighted by atomic mass is 35.5. The molecular formula is C13H15ClN2O4. The van der Waals surface area contributed by atoms with Gasteiger partial charge in [0.05, 0.1) is 17.1 Å². The third kappa shape index (κ3) is 3.26. The van der Waals surface area contributed by atoms with E-state index in [-0.39, 0.29) is 22.3 Å². The van der Waals surface area contributed by atoms with Crippen molar-refractivity contribution in [1.29, 1.82) is 0 Å². The van der Waals surface area contributed by atoms with Gasteiger partial charge in [-0.05, 0) is 25.0 Å². The minimum atomic E-state index is -0.622. The van der Waals surface area contributed by atoms with Crippen molar-refractivity contribution in [1.82, 2.24) is 5.32 Å². The number of carbonyl (C=O) groups excluding carboxylic acids is 1. The minimum Gasteiger partial charge on any atom is -0.391 e. The summed E-state index contributed by atoms with van der Waals surface area (Å²) < 4.78 is 0. The first-order valence-electron chi connectivity index (χ1n) is 6.42. The van der Waals surface area contributed by atoms with Gasteiger partial charge in [0, 0.05) is 11.1 Å². The monoisotopic (exact) mass is 298 g/mol. The van der Waals surface area contributed by atoms with Crippen LogP contribution in [0.1, 0.15) is 36.0 Å². The highest BCUT2D eigenvalue weighted by Gasteiger charge is 2.27. The molecule has 0 bridgehead atoms. The standard InChI is InChI=1S/C13H15ClN2O4/c14-8-5-6-11(16(19)20)9(7-8)13(18)15-10-3-1-2-4-12(10)17/h5-7,10,12,17H,1-4H2,(H,15,18). The van der Waals surface area contributed by atoms with Crippen molar-refractivity contribution in [2.75, 3.05) is 0 Å². The summed E-state index contributed by atoms with van der Waals surface area (Å²) >= 11 is 5.79. The third-order valence-electron chi connectivity index (χ3n) is 3.45. The van der Waals surface area contributed by atoms with Crippen molar-refractivity contribution in [2.24, 2.45) is 0 Å². The molecule has 108 valence electrons. The number of nitrogens with zero attached hydrogens (tertiary/aromatic N) is 1. The predicted octanol–water partition coefficient (Wildman–Crippen LogP) is 2.28. The molecule has 1 amide bonds. The van der Waals surface area contributed by atoms with Crippen molar-refractivity contribution in [3.8, 4) is 0 Å². The highest BCUT2D eigenvalue weighted by Crippen LogP contribution is 2.24. The molecule has 0 radical (unpaired) electrons. The zero-order valence-corrected chi connectivity index (χ0v) is 11.5. The Morgan fingerprint density at radius 2 is 2.10 bits per heavy atom. The number of halogens is 1. The topological polar surface area (TPSA) is 92.5 Å². The maximum atomic E-state index is 12.2. The lowest BCUT2D eigenvalue weighted by atomic mass is 9.92. The Morgan fingerprint density at radius 1 is 1.40 bits per heavy atom. The van der Waals surface area contributed by atoms with Gasteiger partial charge in [-0.25, -0.2) is 0 Å². The lowest BCUT2D eigenvalue weighted by Crippen LogP contribution is -2.45. The molecule has 7 heteroatoms. The summed E-state index contributed by atoms with van der Waals surface area (Å²) in [5, 5.41) is 23.7. The van der Waals surface area contributed by atoms with Gasteiger partial charge in [0.1, 0.15) is 5.56 Å². The molecule has 0 heterocycles. The zero-order chi connectivity index (χ0) is 14.7. The van der Waals surface area contributed by atoms with Crippen molar-refractivity contribution in [2.45, 2.75) is 37.8 Å². The Balaban J connectivity index is 2.20. The van der Waals surface area contributed by atoms with Gasteiger partial charge in [-0.3, -0.25) is 14.9 Å². The molecule has 20 heavy (non-hydrogen) atoms. The van der Waals surface area contributed by atoms with Crippen LogP contribution in [0.5, 0.6) is 0 Å². The summed E-state index contributed by atoms with van der Waals surface area (Å²) in [5.74, 6) is -0.579. The highest BCUT2D eigenvalue weighted by molar-refractivity contribution is 6.31. The molecule has 2 atom stereocenters. The van der Waals surface area contributed by atoms with Gasteiger partial charge < -0.3 is 10.4 Å². The number of nitro benzene ring substituents is 1. The molecule has 2 N–H and O–H groups in total. The number of carbonyl (C=O) groups is 1. The Kier molecular flexibility index (Phi) is 4.57. The van der Waals surface area contributed by atoms with Crippen LogP contribution in [0.3, 0.4) is 0 Å². The number of nitro groups is 1. The van der Waals surface area contributed by atoms with Crippen LogP contribution < -0.4 is 5.32 Å². The van der Waals surface area contributed by atoms with Gasteiger partial charge in [-0.15, -0.1) is 0 Å². The minimum absolute atomic E-state index is 0.0831. The molecule has 6 nitrogen and oxygen atoms in total. The van der Waals surface area contributed by atoms with Gasteiger partial charge in [0.2, 0.25) is 0 Å². The molecule has 1 aliphatic carbocycles. The van der Waals surface area contributed by atoms with Crippen LogP contribution in [-0.4, -0.2) is 28.1 Å². The van der Waals surface area contributed by atoms with Crippen LogP contribution in [-0.2, 0) is 0 Å². The summed E-state index contributed by atoms with van der Waals surface area (Å²) in [5.41, 5.74) is -0.377. The van der Waals surface area contributed by atoms with Crippen LogP contribution >= 0.6 is 11.6 Å². The quantitative estimate of drug-likeness (QED) is 0.661. The van der Waals surface area contributed by atoms with Crippen LogP contribution in [0.25, 0.3) is 0 Å². The fourth-order valence-electron chi connectivity index (χ4n) is 2.38. The zero-order valence-electron chi connectivity index (χ0n) is 10.7. The molecule has 1 aromatic carbocycles. The molecule has 0 aliphatic heterocycles. The van der Waals surface area contributed by atoms with E-state index < -0.39 is 16.9 Å². The van der Waals surface area contributed by atoms with Gasteiger partial charge >= 0.3 is 0 Å². The van der Waals surface area contributed by atoms with E-state index in [1.807, 2.05) is 0 Å². The van der Waals surface area contributed by atoms with Crippen LogP contribution in [0.4, 0.5) is 5.69 Å². The van der Waals surface area contributed by atoms with E-state index in [0.717, 1.165) is 12.8 Å². The summed E-state index contributed by atoms with van der Waals surface area (Å²) in [6.45, 7) is 0. The summed E-state index contributed by atoms with van der Waals surface area (Å²) in [7, 11) is 0. The van der Waals surface area contributed by atoms with Gasteiger partial charge in [0.25, 0.3) is 11.6 Å². The van der Waals surface area contributed by atoms with Crippen LogP contribution in [0.2, 0.25) is 5.02 Å². The number of hydrogen-bond acceptors (Lipinski definition) is 4. The Labute approximate surface area is 120 Å². The van der Waals surface area contributed by atoms with E-state index in [1.165, 1.54) is 18.2 Å². The van der Waals surface area contributed by atoms with E-state index in [4.69, 9.17) is 11.6 Å². The second kappa shape index (κ2) is 6.19. The number of hydrogen-bond donors (Lipinski definition) is 2. The summed E-state index contributed by atoms with van der Waals surface area (Å²) in [4.78, 5) is 22.5. The molecule has 0 spiro atoms. The predicted molar refractivity (Wildman–Crippen MR) is 73.8 cm³/mol. The summed E-state index contributed by atoms with van der Waals surface area (Å²) in [6, 6.07) is 3.47. The Morgan fingerprint density at radius 3 is 2.75 bits per heavy atom. The largest absolute Gasteiger partial charge is 0.391 e. The molecule has 0 aromatic heterocycles. The summed E-state index contributed by atoms with van der Waals surface area (Å²) in [6.07, 6.45) is 2.53. The fourth-order valence-corrected chi connectivity index (χ4v) is 2.55. The van der Waals surface area contributed by atoms with Crippen molar-refractivity contribution in [3.05, 3.63) is 38.9 Å². The second-order valence-corrected chi connectivity index (χ2v) is 5.29. The second-order valence-electron chi connectivity index (χ2n) is 4.85. The maximum Gasteiger partial charge on any atom is 0.282 e. The van der Waals surface area contributed by atoms with E-state index in [2.05, 4.69) is 5.32 Å². The van der Waals surface area contributed by atoms with Gasteiger partial charge in [-0.2, -0.15) is 0 Å². The first-order chi connectivity index (χ1) is 9.49. The Bertz CT molecular complexity index is 535. The number of benzene rings is 1. The average molecular weight is 299 g/mol. The molecule has 2 unspecified atom stereocenters. The first-order valence-corrected chi connectivity index (χ1v) is 6.79. The number of amides is 1. The Hall–Kier alpha value is -1.66. The molecule has 1 aliphatic rings. The fraction of sp³-hybridized carbons (Fsp3) is 0.462.